The van der Waals surface area contributed by atoms with E-state index < -0.39 is 10.0 Å². The Balaban J connectivity index is 1.70. The van der Waals surface area contributed by atoms with Gasteiger partial charge >= 0.3 is 0 Å². The van der Waals surface area contributed by atoms with Crippen molar-refractivity contribution in [3.8, 4) is 0 Å². The molecule has 1 aromatic heterocycles. The van der Waals surface area contributed by atoms with E-state index in [0.29, 0.717) is 17.2 Å². The fraction of sp³-hybridized carbons (Fsp3) is 0.556. The Morgan fingerprint density at radius 3 is 2.59 bits per heavy atom. The highest BCUT2D eigenvalue weighted by Crippen LogP contribution is 2.28. The maximum absolute atomic E-state index is 12.3. The predicted octanol–water partition coefficient (Wildman–Crippen LogP) is 2.80. The normalized spacial score (nSPS) is 16.6. The van der Waals surface area contributed by atoms with E-state index in [9.17, 15) is 13.2 Å². The monoisotopic (exact) mass is 410 g/mol. The van der Waals surface area contributed by atoms with Gasteiger partial charge in [0.05, 0.1) is 21.7 Å². The van der Waals surface area contributed by atoms with Gasteiger partial charge in [-0.2, -0.15) is 0 Å². The Kier molecular flexibility index (Phi) is 6.46. The van der Waals surface area contributed by atoms with E-state index in [1.807, 2.05) is 0 Å². The van der Waals surface area contributed by atoms with E-state index in [4.69, 9.17) is 0 Å². The minimum absolute atomic E-state index is 0.0784. The van der Waals surface area contributed by atoms with Crippen LogP contribution in [0.5, 0.6) is 0 Å². The molecule has 2 heterocycles. The summed E-state index contributed by atoms with van der Waals surface area (Å²) in [6.45, 7) is 5.84. The van der Waals surface area contributed by atoms with Gasteiger partial charge in [0.1, 0.15) is 0 Å². The molecule has 0 bridgehead atoms. The van der Waals surface area contributed by atoms with Gasteiger partial charge < -0.3 is 5.32 Å². The summed E-state index contributed by atoms with van der Waals surface area (Å²) in [5, 5.41) is 3.35. The quantitative estimate of drug-likeness (QED) is 0.764. The molecule has 1 aromatic carbocycles. The SMILES string of the molecule is CC(C)NS(=O)(=O)c1ccc2nc(NC(=O)CN3CCCCCC3)sc2c1. The largest absolute Gasteiger partial charge is 0.301 e. The molecule has 2 N–H and O–H groups in total. The van der Waals surface area contributed by atoms with Gasteiger partial charge in [0.2, 0.25) is 15.9 Å². The molecule has 0 atom stereocenters. The van der Waals surface area contributed by atoms with Gasteiger partial charge in [0.25, 0.3) is 0 Å². The third kappa shape index (κ3) is 5.47. The number of carbonyl (C=O) groups is 1. The first-order chi connectivity index (χ1) is 12.8. The van der Waals surface area contributed by atoms with Crippen molar-refractivity contribution in [3.63, 3.8) is 0 Å². The number of nitrogens with zero attached hydrogens (tertiary/aromatic N) is 2. The summed E-state index contributed by atoms with van der Waals surface area (Å²) in [5.41, 5.74) is 0.675. The van der Waals surface area contributed by atoms with Gasteiger partial charge in [0.15, 0.2) is 5.13 Å². The van der Waals surface area contributed by atoms with Crippen LogP contribution in [0.1, 0.15) is 39.5 Å². The third-order valence-electron chi connectivity index (χ3n) is 4.37. The molecule has 1 aliphatic heterocycles. The second-order valence-electron chi connectivity index (χ2n) is 7.16. The number of carbonyl (C=O) groups excluding carboxylic acids is 1. The van der Waals surface area contributed by atoms with Crippen molar-refractivity contribution in [1.82, 2.24) is 14.6 Å². The number of thiazole rings is 1. The number of amides is 1. The second-order valence-corrected chi connectivity index (χ2v) is 9.91. The number of anilines is 1. The molecule has 7 nitrogen and oxygen atoms in total. The molecule has 0 spiro atoms. The minimum atomic E-state index is -3.55. The van der Waals surface area contributed by atoms with E-state index in [2.05, 4.69) is 19.9 Å². The number of benzene rings is 1. The molecule has 3 rings (SSSR count). The number of rotatable bonds is 6. The summed E-state index contributed by atoms with van der Waals surface area (Å²) in [4.78, 5) is 19.1. The number of hydrogen-bond donors (Lipinski definition) is 2. The molecule has 0 radical (unpaired) electrons. The number of fused-ring (bicyclic) bond motifs is 1. The lowest BCUT2D eigenvalue weighted by Crippen LogP contribution is -2.33. The maximum Gasteiger partial charge on any atom is 0.240 e. The number of likely N-dealkylation sites (tertiary alicyclic amines) is 1. The first-order valence-corrected chi connectivity index (χ1v) is 11.6. The van der Waals surface area contributed by atoms with Crippen molar-refractivity contribution in [2.45, 2.75) is 50.5 Å². The van der Waals surface area contributed by atoms with Crippen LogP contribution < -0.4 is 10.0 Å². The van der Waals surface area contributed by atoms with E-state index >= 15 is 0 Å². The molecule has 0 unspecified atom stereocenters. The minimum Gasteiger partial charge on any atom is -0.301 e. The van der Waals surface area contributed by atoms with Crippen molar-refractivity contribution >= 4 is 42.6 Å². The molecule has 1 aliphatic rings. The molecular weight excluding hydrogens is 384 g/mol. The Labute approximate surface area is 164 Å². The summed E-state index contributed by atoms with van der Waals surface area (Å²) in [5.74, 6) is -0.0784. The molecule has 0 saturated carbocycles. The van der Waals surface area contributed by atoms with Gasteiger partial charge in [0, 0.05) is 6.04 Å². The van der Waals surface area contributed by atoms with Gasteiger partial charge in [-0.3, -0.25) is 9.69 Å². The summed E-state index contributed by atoms with van der Waals surface area (Å²) in [7, 11) is -3.55. The molecule has 9 heteroatoms. The van der Waals surface area contributed by atoms with Crippen LogP contribution in [-0.4, -0.2) is 49.9 Å². The highest BCUT2D eigenvalue weighted by atomic mass is 32.2. The predicted molar refractivity (Wildman–Crippen MR) is 109 cm³/mol. The zero-order valence-corrected chi connectivity index (χ0v) is 17.3. The topological polar surface area (TPSA) is 91.4 Å². The Hall–Kier alpha value is -1.55. The summed E-state index contributed by atoms with van der Waals surface area (Å²) in [6, 6.07) is 4.63. The van der Waals surface area contributed by atoms with Crippen molar-refractivity contribution in [3.05, 3.63) is 18.2 Å². The van der Waals surface area contributed by atoms with Crippen LogP contribution in [0.25, 0.3) is 10.2 Å². The van der Waals surface area contributed by atoms with Crippen LogP contribution >= 0.6 is 11.3 Å². The fourth-order valence-corrected chi connectivity index (χ4v) is 5.43. The first kappa shape index (κ1) is 20.2. The molecule has 1 saturated heterocycles. The molecular formula is C18H26N4O3S2. The van der Waals surface area contributed by atoms with E-state index in [0.717, 1.165) is 30.6 Å². The van der Waals surface area contributed by atoms with E-state index in [-0.39, 0.29) is 16.8 Å². The van der Waals surface area contributed by atoms with Crippen LogP contribution in [0.4, 0.5) is 5.13 Å². The summed E-state index contributed by atoms with van der Waals surface area (Å²) >= 11 is 1.29. The lowest BCUT2D eigenvalue weighted by atomic mass is 10.2. The number of sulfonamides is 1. The summed E-state index contributed by atoms with van der Waals surface area (Å²) in [6.07, 6.45) is 4.73. The number of nitrogens with one attached hydrogen (secondary N) is 2. The van der Waals surface area contributed by atoms with Crippen LogP contribution in [-0.2, 0) is 14.8 Å². The van der Waals surface area contributed by atoms with Crippen molar-refractivity contribution < 1.29 is 13.2 Å². The van der Waals surface area contributed by atoms with Gasteiger partial charge in [-0.15, -0.1) is 0 Å². The van der Waals surface area contributed by atoms with Crippen LogP contribution in [0.2, 0.25) is 0 Å². The highest BCUT2D eigenvalue weighted by molar-refractivity contribution is 7.89. The fourth-order valence-electron chi connectivity index (χ4n) is 3.16. The standard InChI is InChI=1S/C18H26N4O3S2/c1-13(2)21-27(24,25)14-7-8-15-16(11-14)26-18(19-15)20-17(23)12-22-9-5-3-4-6-10-22/h7-8,11,13,21H,3-6,9-10,12H2,1-2H3,(H,19,20,23). The molecule has 27 heavy (non-hydrogen) atoms. The van der Waals surface area contributed by atoms with Crippen molar-refractivity contribution in [1.29, 1.82) is 0 Å². The third-order valence-corrected chi connectivity index (χ3v) is 6.96. The molecule has 1 fully saturated rings. The van der Waals surface area contributed by atoms with Gasteiger partial charge in [-0.1, -0.05) is 24.2 Å². The summed E-state index contributed by atoms with van der Waals surface area (Å²) < 4.78 is 27.9. The van der Waals surface area contributed by atoms with E-state index in [1.54, 1.807) is 26.0 Å². The number of aromatic nitrogens is 1. The van der Waals surface area contributed by atoms with E-state index in [1.165, 1.54) is 30.2 Å². The molecule has 1 amide bonds. The zero-order valence-electron chi connectivity index (χ0n) is 15.7. The second kappa shape index (κ2) is 8.64. The smallest absolute Gasteiger partial charge is 0.240 e. The molecule has 148 valence electrons. The Morgan fingerprint density at radius 2 is 1.93 bits per heavy atom. The van der Waals surface area contributed by atoms with Crippen molar-refractivity contribution in [2.75, 3.05) is 25.0 Å². The van der Waals surface area contributed by atoms with Crippen LogP contribution in [0, 0.1) is 0 Å². The maximum atomic E-state index is 12.3. The Bertz CT molecular complexity index is 900. The number of hydrogen-bond acceptors (Lipinski definition) is 6. The van der Waals surface area contributed by atoms with Gasteiger partial charge in [-0.05, 0) is 58.0 Å². The van der Waals surface area contributed by atoms with Crippen molar-refractivity contribution in [2.24, 2.45) is 0 Å². The van der Waals surface area contributed by atoms with Gasteiger partial charge in [-0.25, -0.2) is 18.1 Å². The lowest BCUT2D eigenvalue weighted by Gasteiger charge is -2.18. The average Bonchev–Trinajstić information content (AvgIpc) is 2.79. The molecule has 2 aromatic rings. The average molecular weight is 411 g/mol. The Morgan fingerprint density at radius 1 is 1.22 bits per heavy atom. The lowest BCUT2D eigenvalue weighted by molar-refractivity contribution is -0.117. The first-order valence-electron chi connectivity index (χ1n) is 9.28. The van der Waals surface area contributed by atoms with Crippen LogP contribution in [0.15, 0.2) is 23.1 Å². The van der Waals surface area contributed by atoms with Crippen LogP contribution in [0.3, 0.4) is 0 Å². The highest BCUT2D eigenvalue weighted by Gasteiger charge is 2.18. The molecule has 0 aliphatic carbocycles. The zero-order chi connectivity index (χ0) is 19.4.